The molecule has 142 valence electrons. The molecule has 2 aromatic heterocycles. The molecule has 2 aromatic carbocycles. The van der Waals surface area contributed by atoms with Crippen LogP contribution in [-0.2, 0) is 17.9 Å². The lowest BCUT2D eigenvalue weighted by atomic mass is 10.2. The van der Waals surface area contributed by atoms with Crippen molar-refractivity contribution in [3.8, 4) is 11.3 Å². The molecule has 0 saturated carbocycles. The Labute approximate surface area is 159 Å². The van der Waals surface area contributed by atoms with Crippen molar-refractivity contribution in [1.82, 2.24) is 9.88 Å². The number of benzene rings is 2. The lowest BCUT2D eigenvalue weighted by Crippen LogP contribution is -2.25. The van der Waals surface area contributed by atoms with Gasteiger partial charge in [-0.15, -0.1) is 0 Å². The minimum Gasteiger partial charge on any atom is -0.459 e. The highest BCUT2D eigenvalue weighted by atomic mass is 19.1. The number of carbonyl (C=O) groups excluding carboxylic acids is 1. The van der Waals surface area contributed by atoms with Crippen LogP contribution in [0.2, 0.25) is 0 Å². The molecule has 0 radical (unpaired) electrons. The lowest BCUT2D eigenvalue weighted by molar-refractivity contribution is -0.121. The number of nitrogens with zero attached hydrogens (tertiary/aromatic N) is 1. The third-order valence-electron chi connectivity index (χ3n) is 4.39. The Morgan fingerprint density at radius 2 is 1.79 bits per heavy atom. The van der Waals surface area contributed by atoms with E-state index in [0.29, 0.717) is 22.6 Å². The Hall–Kier alpha value is -3.61. The Morgan fingerprint density at radius 1 is 1.00 bits per heavy atom. The number of fused-ring (bicyclic) bond motifs is 1. The van der Waals surface area contributed by atoms with E-state index in [1.807, 2.05) is 6.07 Å². The molecule has 0 aliphatic rings. The van der Waals surface area contributed by atoms with Crippen molar-refractivity contribution in [3.05, 3.63) is 82.8 Å². The molecule has 0 unspecified atom stereocenters. The van der Waals surface area contributed by atoms with Gasteiger partial charge < -0.3 is 14.2 Å². The zero-order valence-corrected chi connectivity index (χ0v) is 14.9. The molecule has 0 saturated heterocycles. The van der Waals surface area contributed by atoms with Gasteiger partial charge in [0.05, 0.1) is 12.1 Å². The summed E-state index contributed by atoms with van der Waals surface area (Å²) in [5.74, 6) is 0.174. The zero-order chi connectivity index (χ0) is 19.5. The fraction of sp³-hybridized carbons (Fsp3) is 0.143. The van der Waals surface area contributed by atoms with Crippen LogP contribution in [0.15, 0.2) is 74.3 Å². The van der Waals surface area contributed by atoms with Crippen LogP contribution in [0.5, 0.6) is 0 Å². The Bertz CT molecular complexity index is 1170. The summed E-state index contributed by atoms with van der Waals surface area (Å²) in [6, 6.07) is 16.6. The molecule has 4 rings (SSSR count). The SMILES string of the molecule is O=C(CCn1c(=O)oc2ccccc21)NCc1ccc(-c2ccc(F)cc2)o1. The molecule has 6 nitrogen and oxygen atoms in total. The monoisotopic (exact) mass is 380 g/mol. The smallest absolute Gasteiger partial charge is 0.419 e. The summed E-state index contributed by atoms with van der Waals surface area (Å²) in [5.41, 5.74) is 1.91. The quantitative estimate of drug-likeness (QED) is 0.553. The number of para-hydroxylation sites is 2. The fourth-order valence-electron chi connectivity index (χ4n) is 2.96. The van der Waals surface area contributed by atoms with E-state index >= 15 is 0 Å². The first-order chi connectivity index (χ1) is 13.6. The number of carbonyl (C=O) groups is 1. The van der Waals surface area contributed by atoms with Crippen molar-refractivity contribution in [2.45, 2.75) is 19.5 Å². The number of halogens is 1. The molecule has 4 aromatic rings. The van der Waals surface area contributed by atoms with Crippen molar-refractivity contribution in [1.29, 1.82) is 0 Å². The standard InChI is InChI=1S/C21H17FN2O4/c22-15-7-5-14(6-8-15)18-10-9-16(27-18)13-23-20(25)11-12-24-17-3-1-2-4-19(17)28-21(24)26/h1-10H,11-13H2,(H,23,25). The van der Waals surface area contributed by atoms with Gasteiger partial charge >= 0.3 is 5.76 Å². The van der Waals surface area contributed by atoms with Crippen LogP contribution in [0.4, 0.5) is 4.39 Å². The molecule has 2 heterocycles. The van der Waals surface area contributed by atoms with Crippen molar-refractivity contribution < 1.29 is 18.0 Å². The molecule has 1 N–H and O–H groups in total. The highest BCUT2D eigenvalue weighted by molar-refractivity contribution is 5.76. The molecule has 7 heteroatoms. The maximum atomic E-state index is 13.0. The summed E-state index contributed by atoms with van der Waals surface area (Å²) < 4.78 is 25.3. The number of aromatic nitrogens is 1. The minimum absolute atomic E-state index is 0.134. The Kier molecular flexibility index (Phi) is 4.80. The number of furan rings is 1. The van der Waals surface area contributed by atoms with Crippen LogP contribution >= 0.6 is 0 Å². The summed E-state index contributed by atoms with van der Waals surface area (Å²) >= 11 is 0. The Morgan fingerprint density at radius 3 is 2.61 bits per heavy atom. The lowest BCUT2D eigenvalue weighted by Gasteiger charge is -2.04. The number of hydrogen-bond donors (Lipinski definition) is 1. The van der Waals surface area contributed by atoms with E-state index in [2.05, 4.69) is 5.32 Å². The summed E-state index contributed by atoms with van der Waals surface area (Å²) in [5, 5.41) is 2.76. The number of rotatable bonds is 6. The van der Waals surface area contributed by atoms with E-state index in [4.69, 9.17) is 8.83 Å². The largest absolute Gasteiger partial charge is 0.459 e. The van der Waals surface area contributed by atoms with Gasteiger partial charge in [0, 0.05) is 18.5 Å². The highest BCUT2D eigenvalue weighted by Gasteiger charge is 2.11. The van der Waals surface area contributed by atoms with E-state index < -0.39 is 5.76 Å². The van der Waals surface area contributed by atoms with Crippen LogP contribution in [0.1, 0.15) is 12.2 Å². The van der Waals surface area contributed by atoms with Crippen LogP contribution in [-0.4, -0.2) is 10.5 Å². The van der Waals surface area contributed by atoms with E-state index in [0.717, 1.165) is 5.56 Å². The summed E-state index contributed by atoms with van der Waals surface area (Å²) in [4.78, 5) is 24.0. The molecule has 1 amide bonds. The second kappa shape index (κ2) is 7.56. The molecule has 28 heavy (non-hydrogen) atoms. The van der Waals surface area contributed by atoms with Crippen molar-refractivity contribution in [3.63, 3.8) is 0 Å². The number of oxazole rings is 1. The summed E-state index contributed by atoms with van der Waals surface area (Å²) in [7, 11) is 0. The summed E-state index contributed by atoms with van der Waals surface area (Å²) in [6.45, 7) is 0.446. The van der Waals surface area contributed by atoms with Crippen LogP contribution in [0, 0.1) is 5.82 Å². The molecule has 0 aliphatic carbocycles. The first-order valence-corrected chi connectivity index (χ1v) is 8.80. The van der Waals surface area contributed by atoms with E-state index in [1.54, 1.807) is 42.5 Å². The van der Waals surface area contributed by atoms with Gasteiger partial charge in [-0.1, -0.05) is 12.1 Å². The van der Waals surface area contributed by atoms with Crippen molar-refractivity contribution in [2.24, 2.45) is 0 Å². The van der Waals surface area contributed by atoms with Crippen LogP contribution < -0.4 is 11.1 Å². The fourth-order valence-corrected chi connectivity index (χ4v) is 2.96. The maximum Gasteiger partial charge on any atom is 0.419 e. The molecule has 0 bridgehead atoms. The van der Waals surface area contributed by atoms with Crippen molar-refractivity contribution >= 4 is 17.0 Å². The van der Waals surface area contributed by atoms with Gasteiger partial charge in [-0.2, -0.15) is 0 Å². The van der Waals surface area contributed by atoms with Gasteiger partial charge in [-0.3, -0.25) is 9.36 Å². The molecule has 0 spiro atoms. The third-order valence-corrected chi connectivity index (χ3v) is 4.39. The maximum absolute atomic E-state index is 13.0. The first kappa shape index (κ1) is 17.8. The molecular formula is C21H17FN2O4. The van der Waals surface area contributed by atoms with E-state index in [1.165, 1.54) is 16.7 Å². The predicted octanol–water partition coefficient (Wildman–Crippen LogP) is 3.70. The van der Waals surface area contributed by atoms with Gasteiger partial charge in [-0.05, 0) is 48.5 Å². The predicted molar refractivity (Wildman–Crippen MR) is 101 cm³/mol. The van der Waals surface area contributed by atoms with Gasteiger partial charge in [0.1, 0.15) is 17.3 Å². The van der Waals surface area contributed by atoms with E-state index in [-0.39, 0.29) is 31.2 Å². The second-order valence-electron chi connectivity index (χ2n) is 6.29. The van der Waals surface area contributed by atoms with Crippen molar-refractivity contribution in [2.75, 3.05) is 0 Å². The molecule has 0 atom stereocenters. The Balaban J connectivity index is 1.34. The van der Waals surface area contributed by atoms with Gasteiger partial charge in [0.15, 0.2) is 5.58 Å². The average molecular weight is 380 g/mol. The molecule has 0 aliphatic heterocycles. The summed E-state index contributed by atoms with van der Waals surface area (Å²) in [6.07, 6.45) is 0.134. The zero-order valence-electron chi connectivity index (χ0n) is 14.9. The van der Waals surface area contributed by atoms with Gasteiger partial charge in [-0.25, -0.2) is 9.18 Å². The first-order valence-electron chi connectivity index (χ1n) is 8.80. The highest BCUT2D eigenvalue weighted by Crippen LogP contribution is 2.22. The molecular weight excluding hydrogens is 363 g/mol. The topological polar surface area (TPSA) is 77.4 Å². The van der Waals surface area contributed by atoms with Gasteiger partial charge in [0.25, 0.3) is 0 Å². The van der Waals surface area contributed by atoms with Crippen LogP contribution in [0.25, 0.3) is 22.4 Å². The normalized spacial score (nSPS) is 11.0. The number of aryl methyl sites for hydroxylation is 1. The van der Waals surface area contributed by atoms with Crippen LogP contribution in [0.3, 0.4) is 0 Å². The minimum atomic E-state index is -0.482. The second-order valence-corrected chi connectivity index (χ2v) is 6.29. The number of hydrogen-bond acceptors (Lipinski definition) is 4. The number of nitrogens with one attached hydrogen (secondary N) is 1. The van der Waals surface area contributed by atoms with Gasteiger partial charge in [0.2, 0.25) is 5.91 Å². The molecule has 0 fully saturated rings. The number of amides is 1. The van der Waals surface area contributed by atoms with E-state index in [9.17, 15) is 14.0 Å². The average Bonchev–Trinajstić information content (AvgIpc) is 3.29. The third kappa shape index (κ3) is 3.73.